The second-order valence-electron chi connectivity index (χ2n) is 4.54. The Balaban J connectivity index is 1.87. The largest absolute Gasteiger partial charge is 0.362 e. The van der Waals surface area contributed by atoms with Gasteiger partial charge in [-0.3, -0.25) is 4.68 Å². The van der Waals surface area contributed by atoms with Crippen molar-refractivity contribution in [2.45, 2.75) is 18.5 Å². The van der Waals surface area contributed by atoms with Gasteiger partial charge in [0.25, 0.3) is 0 Å². The molecule has 3 rings (SSSR count). The predicted octanol–water partition coefficient (Wildman–Crippen LogP) is 1.98. The van der Waals surface area contributed by atoms with Crippen molar-refractivity contribution in [3.63, 3.8) is 0 Å². The van der Waals surface area contributed by atoms with Crippen molar-refractivity contribution in [3.8, 4) is 0 Å². The summed E-state index contributed by atoms with van der Waals surface area (Å²) < 4.78 is 1.79. The summed E-state index contributed by atoms with van der Waals surface area (Å²) in [7, 11) is 1.92. The molecule has 3 N–H and O–H groups in total. The number of nitrogens with one attached hydrogen (secondary N) is 1. The number of rotatable bonds is 2. The fourth-order valence-electron chi connectivity index (χ4n) is 2.48. The number of nitrogens with two attached hydrogens (primary N) is 1. The van der Waals surface area contributed by atoms with Gasteiger partial charge in [-0.15, -0.1) is 0 Å². The summed E-state index contributed by atoms with van der Waals surface area (Å²) in [5, 5.41) is 7.77. The van der Waals surface area contributed by atoms with Crippen LogP contribution in [-0.2, 0) is 7.05 Å². The predicted molar refractivity (Wildman–Crippen MR) is 67.6 cm³/mol. The molecule has 4 heteroatoms. The molecule has 0 radical (unpaired) electrons. The first-order valence-electron chi connectivity index (χ1n) is 5.84. The molecule has 1 aromatic heterocycles. The minimum absolute atomic E-state index is 0.132. The molecule has 0 fully saturated rings. The molecule has 2 unspecified atom stereocenters. The first-order chi connectivity index (χ1) is 8.24. The van der Waals surface area contributed by atoms with Crippen LogP contribution < -0.4 is 11.1 Å². The maximum absolute atomic E-state index is 6.13. The normalized spacial score (nSPS) is 22.5. The van der Waals surface area contributed by atoms with Gasteiger partial charge in [0.1, 0.15) is 5.82 Å². The fourth-order valence-corrected chi connectivity index (χ4v) is 2.48. The van der Waals surface area contributed by atoms with Crippen molar-refractivity contribution < 1.29 is 0 Å². The quantitative estimate of drug-likeness (QED) is 0.826. The van der Waals surface area contributed by atoms with E-state index in [0.717, 1.165) is 12.2 Å². The molecule has 0 saturated carbocycles. The van der Waals surface area contributed by atoms with Crippen molar-refractivity contribution >= 4 is 5.82 Å². The molecule has 0 aliphatic heterocycles. The molecule has 0 bridgehead atoms. The van der Waals surface area contributed by atoms with Gasteiger partial charge < -0.3 is 11.1 Å². The van der Waals surface area contributed by atoms with Crippen molar-refractivity contribution in [1.82, 2.24) is 9.78 Å². The molecule has 0 amide bonds. The molecule has 1 heterocycles. The van der Waals surface area contributed by atoms with Gasteiger partial charge >= 0.3 is 0 Å². The Hall–Kier alpha value is -1.81. The van der Waals surface area contributed by atoms with Gasteiger partial charge in [-0.2, -0.15) is 5.10 Å². The third kappa shape index (κ3) is 1.80. The van der Waals surface area contributed by atoms with Crippen LogP contribution in [0, 0.1) is 0 Å². The Morgan fingerprint density at radius 2 is 2.06 bits per heavy atom. The van der Waals surface area contributed by atoms with Crippen LogP contribution in [0.25, 0.3) is 0 Å². The van der Waals surface area contributed by atoms with E-state index < -0.39 is 0 Å². The topological polar surface area (TPSA) is 55.9 Å². The Morgan fingerprint density at radius 3 is 2.76 bits per heavy atom. The smallest absolute Gasteiger partial charge is 0.148 e. The lowest BCUT2D eigenvalue weighted by atomic mass is 10.1. The highest BCUT2D eigenvalue weighted by molar-refractivity contribution is 5.44. The molecule has 1 aliphatic carbocycles. The number of nitrogens with zero attached hydrogens (tertiary/aromatic N) is 2. The molecule has 1 aromatic carbocycles. The van der Waals surface area contributed by atoms with Gasteiger partial charge in [0.05, 0.1) is 6.04 Å². The Morgan fingerprint density at radius 1 is 1.29 bits per heavy atom. The van der Waals surface area contributed by atoms with Crippen molar-refractivity contribution in [2.75, 3.05) is 5.32 Å². The molecular formula is C13H16N4. The lowest BCUT2D eigenvalue weighted by Gasteiger charge is -2.12. The van der Waals surface area contributed by atoms with E-state index in [4.69, 9.17) is 5.73 Å². The molecule has 1 aliphatic rings. The third-order valence-electron chi connectivity index (χ3n) is 3.30. The van der Waals surface area contributed by atoms with E-state index >= 15 is 0 Å². The first kappa shape index (κ1) is 10.4. The Labute approximate surface area is 100 Å². The minimum atomic E-state index is 0.132. The monoisotopic (exact) mass is 228 g/mol. The summed E-state index contributed by atoms with van der Waals surface area (Å²) in [5.41, 5.74) is 8.68. The average molecular weight is 228 g/mol. The van der Waals surface area contributed by atoms with E-state index in [9.17, 15) is 0 Å². The first-order valence-corrected chi connectivity index (χ1v) is 5.84. The highest BCUT2D eigenvalue weighted by atomic mass is 15.3. The summed E-state index contributed by atoms with van der Waals surface area (Å²) in [5.74, 6) is 0.904. The number of fused-ring (bicyclic) bond motifs is 1. The number of hydrogen-bond donors (Lipinski definition) is 2. The van der Waals surface area contributed by atoms with Crippen LogP contribution in [0.2, 0.25) is 0 Å². The van der Waals surface area contributed by atoms with Gasteiger partial charge in [-0.05, 0) is 17.5 Å². The molecule has 2 atom stereocenters. The standard InChI is InChI=1S/C13H16N4/c1-17-7-6-13(16-17)15-12-8-11(14)9-4-2-3-5-10(9)12/h2-7,11-12H,8,14H2,1H3,(H,15,16). The van der Waals surface area contributed by atoms with Crippen molar-refractivity contribution in [3.05, 3.63) is 47.7 Å². The number of hydrogen-bond acceptors (Lipinski definition) is 3. The number of benzene rings is 1. The summed E-state index contributed by atoms with van der Waals surface area (Å²) in [6.07, 6.45) is 2.86. The van der Waals surface area contributed by atoms with E-state index in [2.05, 4.69) is 28.6 Å². The van der Waals surface area contributed by atoms with E-state index in [0.29, 0.717) is 0 Å². The zero-order valence-corrected chi connectivity index (χ0v) is 9.80. The molecule has 17 heavy (non-hydrogen) atoms. The summed E-state index contributed by atoms with van der Waals surface area (Å²) >= 11 is 0. The van der Waals surface area contributed by atoms with Crippen LogP contribution >= 0.6 is 0 Å². The van der Waals surface area contributed by atoms with E-state index in [1.54, 1.807) is 4.68 Å². The second-order valence-corrected chi connectivity index (χ2v) is 4.54. The van der Waals surface area contributed by atoms with E-state index in [1.165, 1.54) is 11.1 Å². The zero-order chi connectivity index (χ0) is 11.8. The Bertz CT molecular complexity index is 532. The van der Waals surface area contributed by atoms with Gasteiger partial charge in [0.15, 0.2) is 0 Å². The molecule has 88 valence electrons. The minimum Gasteiger partial charge on any atom is -0.362 e. The van der Waals surface area contributed by atoms with Crippen molar-refractivity contribution in [2.24, 2.45) is 12.8 Å². The maximum atomic E-state index is 6.13. The summed E-state index contributed by atoms with van der Waals surface area (Å²) in [6, 6.07) is 10.7. The van der Waals surface area contributed by atoms with Crippen molar-refractivity contribution in [1.29, 1.82) is 0 Å². The molecule has 0 saturated heterocycles. The lowest BCUT2D eigenvalue weighted by molar-refractivity contribution is 0.644. The number of aryl methyl sites for hydroxylation is 1. The highest BCUT2D eigenvalue weighted by Gasteiger charge is 2.28. The maximum Gasteiger partial charge on any atom is 0.148 e. The molecule has 2 aromatic rings. The Kier molecular flexibility index (Phi) is 2.37. The number of anilines is 1. The van der Waals surface area contributed by atoms with Gasteiger partial charge in [0, 0.05) is 25.4 Å². The number of aromatic nitrogens is 2. The summed E-state index contributed by atoms with van der Waals surface area (Å²) in [6.45, 7) is 0. The SMILES string of the molecule is Cn1ccc(NC2CC(N)c3ccccc32)n1. The lowest BCUT2D eigenvalue weighted by Crippen LogP contribution is -2.10. The van der Waals surface area contributed by atoms with Gasteiger partial charge in [-0.25, -0.2) is 0 Å². The summed E-state index contributed by atoms with van der Waals surface area (Å²) in [4.78, 5) is 0. The van der Waals surface area contributed by atoms with Crippen LogP contribution in [0.3, 0.4) is 0 Å². The average Bonchev–Trinajstić information content (AvgIpc) is 2.86. The van der Waals surface area contributed by atoms with Crippen LogP contribution in [0.5, 0.6) is 0 Å². The third-order valence-corrected chi connectivity index (χ3v) is 3.30. The fraction of sp³-hybridized carbons (Fsp3) is 0.308. The van der Waals surface area contributed by atoms with E-state index in [1.807, 2.05) is 25.4 Å². The van der Waals surface area contributed by atoms with Crippen LogP contribution in [-0.4, -0.2) is 9.78 Å². The molecule has 0 spiro atoms. The van der Waals surface area contributed by atoms with Gasteiger partial charge in [0.2, 0.25) is 0 Å². The highest BCUT2D eigenvalue weighted by Crippen LogP contribution is 2.38. The second kappa shape index (κ2) is 3.89. The van der Waals surface area contributed by atoms with Crippen LogP contribution in [0.1, 0.15) is 29.6 Å². The van der Waals surface area contributed by atoms with Gasteiger partial charge in [-0.1, -0.05) is 24.3 Å². The molecular weight excluding hydrogens is 212 g/mol. The molecule has 4 nitrogen and oxygen atoms in total. The van der Waals surface area contributed by atoms with Crippen LogP contribution in [0.15, 0.2) is 36.5 Å². The van der Waals surface area contributed by atoms with Crippen LogP contribution in [0.4, 0.5) is 5.82 Å². The zero-order valence-electron chi connectivity index (χ0n) is 9.80. The van der Waals surface area contributed by atoms with E-state index in [-0.39, 0.29) is 12.1 Å².